The highest BCUT2D eigenvalue weighted by atomic mass is 16.3. The summed E-state index contributed by atoms with van der Waals surface area (Å²) in [6, 6.07) is 0. The Morgan fingerprint density at radius 1 is 1.44 bits per heavy atom. The molecule has 2 fully saturated rings. The van der Waals surface area contributed by atoms with Gasteiger partial charge in [0.15, 0.2) is 0 Å². The number of aliphatic hydroxyl groups excluding tert-OH is 1. The molecule has 0 aromatic heterocycles. The largest absolute Gasteiger partial charge is 0.393 e. The lowest BCUT2D eigenvalue weighted by Crippen LogP contribution is -2.41. The molecule has 2 heteroatoms. The van der Waals surface area contributed by atoms with Gasteiger partial charge in [-0.15, -0.1) is 0 Å². The molecule has 0 amide bonds. The summed E-state index contributed by atoms with van der Waals surface area (Å²) in [7, 11) is 0. The fourth-order valence-electron chi connectivity index (χ4n) is 4.44. The van der Waals surface area contributed by atoms with Gasteiger partial charge in [-0.05, 0) is 48.9 Å². The van der Waals surface area contributed by atoms with Crippen LogP contribution in [0.3, 0.4) is 0 Å². The van der Waals surface area contributed by atoms with Gasteiger partial charge in [-0.3, -0.25) is 0 Å². The molecule has 2 aliphatic carbocycles. The topological polar surface area (TPSA) is 37.3 Å². The number of hydrogen-bond acceptors (Lipinski definition) is 2. The molecule has 2 nitrogen and oxygen atoms in total. The van der Waals surface area contributed by atoms with Crippen molar-refractivity contribution in [1.29, 1.82) is 0 Å². The van der Waals surface area contributed by atoms with Crippen molar-refractivity contribution in [3.8, 4) is 0 Å². The Labute approximate surface area is 98.4 Å². The minimum absolute atomic E-state index is 0.0906. The van der Waals surface area contributed by atoms with Crippen molar-refractivity contribution in [2.75, 3.05) is 0 Å². The van der Waals surface area contributed by atoms with Gasteiger partial charge >= 0.3 is 0 Å². The molecular weight excluding hydrogens is 200 g/mol. The highest BCUT2D eigenvalue weighted by molar-refractivity contribution is 5.49. The summed E-state index contributed by atoms with van der Waals surface area (Å²) in [6.07, 6.45) is 7.38. The molecule has 5 atom stereocenters. The van der Waals surface area contributed by atoms with Crippen molar-refractivity contribution in [1.82, 2.24) is 0 Å². The van der Waals surface area contributed by atoms with E-state index in [1.54, 1.807) is 0 Å². The van der Waals surface area contributed by atoms with E-state index in [9.17, 15) is 9.90 Å². The Kier molecular flexibility index (Phi) is 3.39. The van der Waals surface area contributed by atoms with Crippen LogP contribution in [-0.2, 0) is 4.79 Å². The van der Waals surface area contributed by atoms with E-state index < -0.39 is 0 Å². The summed E-state index contributed by atoms with van der Waals surface area (Å²) in [5, 5.41) is 10.1. The average Bonchev–Trinajstić information content (AvgIpc) is 2.57. The lowest BCUT2D eigenvalue weighted by atomic mass is 9.61. The fraction of sp³-hybridized carbons (Fsp3) is 0.929. The van der Waals surface area contributed by atoms with Crippen LogP contribution in [0.25, 0.3) is 0 Å². The van der Waals surface area contributed by atoms with Crippen LogP contribution in [0.15, 0.2) is 0 Å². The molecule has 0 unspecified atom stereocenters. The third-order valence-corrected chi connectivity index (χ3v) is 5.32. The minimum atomic E-state index is -0.0906. The van der Waals surface area contributed by atoms with E-state index in [1.165, 1.54) is 12.8 Å². The molecular formula is C14H24O2. The van der Waals surface area contributed by atoms with Crippen LogP contribution in [0.2, 0.25) is 0 Å². The van der Waals surface area contributed by atoms with Crippen LogP contribution >= 0.6 is 0 Å². The number of rotatable bonds is 3. The Bertz CT molecular complexity index is 263. The van der Waals surface area contributed by atoms with Crippen molar-refractivity contribution in [3.05, 3.63) is 0 Å². The molecule has 16 heavy (non-hydrogen) atoms. The Morgan fingerprint density at radius 2 is 2.19 bits per heavy atom. The van der Waals surface area contributed by atoms with Crippen LogP contribution < -0.4 is 0 Å². The monoisotopic (exact) mass is 224 g/mol. The maximum Gasteiger partial charge on any atom is 0.120 e. The smallest absolute Gasteiger partial charge is 0.120 e. The van der Waals surface area contributed by atoms with E-state index in [4.69, 9.17) is 0 Å². The molecule has 92 valence electrons. The molecule has 0 aromatic rings. The summed E-state index contributed by atoms with van der Waals surface area (Å²) in [6.45, 7) is 4.55. The van der Waals surface area contributed by atoms with Gasteiger partial charge in [-0.2, -0.15) is 0 Å². The van der Waals surface area contributed by atoms with Crippen molar-refractivity contribution in [3.63, 3.8) is 0 Å². The molecule has 0 spiro atoms. The van der Waals surface area contributed by atoms with Crippen molar-refractivity contribution in [2.45, 2.75) is 58.5 Å². The number of aldehydes is 1. The Balaban J connectivity index is 2.14. The lowest BCUT2D eigenvalue weighted by Gasteiger charge is -2.45. The maximum absolute atomic E-state index is 10.7. The molecule has 2 rings (SSSR count). The number of carbonyl (C=O) groups is 1. The van der Waals surface area contributed by atoms with E-state index in [0.29, 0.717) is 29.6 Å². The second-order valence-electron chi connectivity index (χ2n) is 6.14. The number of carbonyl (C=O) groups excluding carboxylic acids is 1. The van der Waals surface area contributed by atoms with Gasteiger partial charge in [0, 0.05) is 6.42 Å². The third kappa shape index (κ3) is 1.81. The summed E-state index contributed by atoms with van der Waals surface area (Å²) >= 11 is 0. The van der Waals surface area contributed by atoms with Gasteiger partial charge in [0.2, 0.25) is 0 Å². The zero-order valence-electron chi connectivity index (χ0n) is 10.5. The van der Waals surface area contributed by atoms with Gasteiger partial charge in [-0.25, -0.2) is 0 Å². The van der Waals surface area contributed by atoms with Crippen LogP contribution in [0, 0.1) is 23.2 Å². The fourth-order valence-corrected chi connectivity index (χ4v) is 4.44. The molecule has 2 saturated carbocycles. The number of fused-ring (bicyclic) bond motifs is 1. The van der Waals surface area contributed by atoms with Crippen LogP contribution in [0.1, 0.15) is 52.4 Å². The van der Waals surface area contributed by atoms with E-state index in [0.717, 1.165) is 25.5 Å². The lowest BCUT2D eigenvalue weighted by molar-refractivity contribution is -0.109. The van der Waals surface area contributed by atoms with E-state index in [2.05, 4.69) is 13.8 Å². The van der Waals surface area contributed by atoms with Crippen molar-refractivity contribution in [2.24, 2.45) is 23.2 Å². The normalized spacial score (nSPS) is 45.1. The zero-order chi connectivity index (χ0) is 11.8. The van der Waals surface area contributed by atoms with Crippen molar-refractivity contribution < 1.29 is 9.90 Å². The van der Waals surface area contributed by atoms with E-state index in [-0.39, 0.29) is 6.10 Å². The zero-order valence-corrected chi connectivity index (χ0v) is 10.5. The van der Waals surface area contributed by atoms with Crippen LogP contribution in [0.4, 0.5) is 0 Å². The van der Waals surface area contributed by atoms with E-state index >= 15 is 0 Å². The van der Waals surface area contributed by atoms with Gasteiger partial charge in [0.25, 0.3) is 0 Å². The summed E-state index contributed by atoms with van der Waals surface area (Å²) < 4.78 is 0. The van der Waals surface area contributed by atoms with Crippen LogP contribution in [-0.4, -0.2) is 17.5 Å². The SMILES string of the molecule is C[C@H](CC=O)[C@H]1CC[C@@H]2[C@@H](O)CCC[C@]12C. The summed E-state index contributed by atoms with van der Waals surface area (Å²) in [5.41, 5.74) is 0.292. The molecule has 0 radical (unpaired) electrons. The Hall–Kier alpha value is -0.370. The first kappa shape index (κ1) is 12.1. The Morgan fingerprint density at radius 3 is 2.88 bits per heavy atom. The number of hydrogen-bond donors (Lipinski definition) is 1. The highest BCUT2D eigenvalue weighted by Gasteiger charge is 2.51. The second-order valence-corrected chi connectivity index (χ2v) is 6.14. The van der Waals surface area contributed by atoms with Crippen molar-refractivity contribution >= 4 is 6.29 Å². The molecule has 0 aromatic carbocycles. The quantitative estimate of drug-likeness (QED) is 0.748. The first-order chi connectivity index (χ1) is 7.59. The molecule has 2 aliphatic rings. The highest BCUT2D eigenvalue weighted by Crippen LogP contribution is 2.57. The molecule has 0 bridgehead atoms. The van der Waals surface area contributed by atoms with E-state index in [1.807, 2.05) is 0 Å². The first-order valence-electron chi connectivity index (χ1n) is 6.71. The van der Waals surface area contributed by atoms with Gasteiger partial charge < -0.3 is 9.90 Å². The average molecular weight is 224 g/mol. The third-order valence-electron chi connectivity index (χ3n) is 5.32. The van der Waals surface area contributed by atoms with Gasteiger partial charge in [0.05, 0.1) is 6.10 Å². The standard InChI is InChI=1S/C14H24O2/c1-10(7-9-15)11-5-6-12-13(16)4-3-8-14(11,12)2/h9-13,16H,3-8H2,1-2H3/t10-,11-,12-,13+,14-/m1/s1. The summed E-state index contributed by atoms with van der Waals surface area (Å²) in [5.74, 6) is 1.61. The first-order valence-corrected chi connectivity index (χ1v) is 6.71. The van der Waals surface area contributed by atoms with Gasteiger partial charge in [-0.1, -0.05) is 20.3 Å². The molecule has 0 aliphatic heterocycles. The molecule has 0 saturated heterocycles. The number of aliphatic hydroxyl groups is 1. The molecule has 1 N–H and O–H groups in total. The van der Waals surface area contributed by atoms with Crippen LogP contribution in [0.5, 0.6) is 0 Å². The maximum atomic E-state index is 10.7. The summed E-state index contributed by atoms with van der Waals surface area (Å²) in [4.78, 5) is 10.7. The molecule has 0 heterocycles. The minimum Gasteiger partial charge on any atom is -0.393 e. The van der Waals surface area contributed by atoms with Gasteiger partial charge in [0.1, 0.15) is 6.29 Å². The second kappa shape index (κ2) is 4.48. The predicted molar refractivity (Wildman–Crippen MR) is 64.0 cm³/mol. The predicted octanol–water partition coefficient (Wildman–Crippen LogP) is 2.79.